The van der Waals surface area contributed by atoms with Gasteiger partial charge < -0.3 is 4.74 Å². The first-order valence-corrected chi connectivity index (χ1v) is 9.32. The third kappa shape index (κ3) is 2.81. The van der Waals surface area contributed by atoms with Gasteiger partial charge in [-0.15, -0.1) is 10.2 Å². The summed E-state index contributed by atoms with van der Waals surface area (Å²) >= 11 is 14.0. The monoisotopic (exact) mass is 382 g/mol. The maximum absolute atomic E-state index is 6.32. The lowest BCUT2D eigenvalue weighted by Crippen LogP contribution is -2.33. The van der Waals surface area contributed by atoms with E-state index < -0.39 is 0 Å². The van der Waals surface area contributed by atoms with Crippen LogP contribution in [0, 0.1) is 0 Å². The Morgan fingerprint density at radius 2 is 2.12 bits per heavy atom. The highest BCUT2D eigenvalue weighted by atomic mass is 35.5. The van der Waals surface area contributed by atoms with E-state index in [0.29, 0.717) is 21.8 Å². The Hall–Kier alpha value is -1.21. The molecular weight excluding hydrogens is 367 g/mol. The van der Waals surface area contributed by atoms with Crippen molar-refractivity contribution in [2.75, 3.05) is 6.61 Å². The summed E-state index contributed by atoms with van der Waals surface area (Å²) in [6, 6.07) is 5.47. The van der Waals surface area contributed by atoms with E-state index in [2.05, 4.69) is 24.0 Å². The number of hydrogen-bond acceptors (Lipinski definition) is 5. The second-order valence-electron chi connectivity index (χ2n) is 6.56. The summed E-state index contributed by atoms with van der Waals surface area (Å²) in [6.45, 7) is 5.00. The SMILES string of the molecule is CC1(C)CC(c2nn3c(-c4cccc(Cl)c4Cl)nnc3s2)CCO1. The summed E-state index contributed by atoms with van der Waals surface area (Å²) in [4.78, 5) is 0.764. The van der Waals surface area contributed by atoms with Crippen molar-refractivity contribution in [3.63, 3.8) is 0 Å². The molecule has 126 valence electrons. The molecule has 1 unspecified atom stereocenters. The van der Waals surface area contributed by atoms with Gasteiger partial charge in [-0.05, 0) is 38.8 Å². The van der Waals surface area contributed by atoms with Gasteiger partial charge in [-0.25, -0.2) is 0 Å². The number of rotatable bonds is 2. The summed E-state index contributed by atoms with van der Waals surface area (Å²) in [5.41, 5.74) is 0.620. The fraction of sp³-hybridized carbons (Fsp3) is 0.438. The molecule has 1 saturated heterocycles. The average Bonchev–Trinajstić information content (AvgIpc) is 3.10. The molecule has 0 saturated carbocycles. The summed E-state index contributed by atoms with van der Waals surface area (Å²) < 4.78 is 7.57. The van der Waals surface area contributed by atoms with E-state index in [1.165, 1.54) is 0 Å². The van der Waals surface area contributed by atoms with E-state index in [0.717, 1.165) is 35.0 Å². The van der Waals surface area contributed by atoms with E-state index in [4.69, 9.17) is 33.0 Å². The molecule has 4 rings (SSSR count). The minimum absolute atomic E-state index is 0.117. The van der Waals surface area contributed by atoms with Crippen LogP contribution in [-0.2, 0) is 4.74 Å². The Kier molecular flexibility index (Phi) is 4.03. The number of fused-ring (bicyclic) bond motifs is 1. The topological polar surface area (TPSA) is 52.3 Å². The first-order valence-electron chi connectivity index (χ1n) is 7.75. The van der Waals surface area contributed by atoms with E-state index >= 15 is 0 Å². The van der Waals surface area contributed by atoms with Crippen molar-refractivity contribution in [1.29, 1.82) is 0 Å². The minimum Gasteiger partial charge on any atom is -0.376 e. The van der Waals surface area contributed by atoms with Gasteiger partial charge in [0.15, 0.2) is 5.82 Å². The molecule has 0 radical (unpaired) electrons. The maximum atomic E-state index is 6.32. The van der Waals surface area contributed by atoms with Gasteiger partial charge in [0.1, 0.15) is 5.01 Å². The van der Waals surface area contributed by atoms with Gasteiger partial charge in [0, 0.05) is 18.1 Å². The standard InChI is InChI=1S/C16H16Cl2N4OS/c1-16(2)8-9(6-7-23-16)14-21-22-13(19-20-15(22)24-14)10-4-3-5-11(17)12(10)18/h3-5,9H,6-8H2,1-2H3. The van der Waals surface area contributed by atoms with Gasteiger partial charge >= 0.3 is 0 Å². The van der Waals surface area contributed by atoms with Gasteiger partial charge in [0.25, 0.3) is 0 Å². The average molecular weight is 383 g/mol. The molecule has 5 nitrogen and oxygen atoms in total. The molecule has 0 N–H and O–H groups in total. The lowest BCUT2D eigenvalue weighted by molar-refractivity contribution is -0.0593. The second-order valence-corrected chi connectivity index (χ2v) is 8.33. The first kappa shape index (κ1) is 16.3. The third-order valence-electron chi connectivity index (χ3n) is 4.25. The maximum Gasteiger partial charge on any atom is 0.234 e. The molecule has 1 aliphatic heterocycles. The summed E-state index contributed by atoms with van der Waals surface area (Å²) in [5, 5.41) is 15.3. The van der Waals surface area contributed by atoms with Crippen molar-refractivity contribution in [2.45, 2.75) is 38.2 Å². The molecule has 8 heteroatoms. The largest absolute Gasteiger partial charge is 0.376 e. The lowest BCUT2D eigenvalue weighted by Gasteiger charge is -2.34. The number of halogens is 2. The smallest absolute Gasteiger partial charge is 0.234 e. The molecular formula is C16H16Cl2N4OS. The van der Waals surface area contributed by atoms with Crippen LogP contribution >= 0.6 is 34.5 Å². The molecule has 3 aromatic rings. The molecule has 1 aliphatic rings. The van der Waals surface area contributed by atoms with Crippen molar-refractivity contribution >= 4 is 39.5 Å². The van der Waals surface area contributed by atoms with Crippen LogP contribution in [0.5, 0.6) is 0 Å². The van der Waals surface area contributed by atoms with Gasteiger partial charge in [-0.2, -0.15) is 9.61 Å². The molecule has 3 heterocycles. The predicted octanol–water partition coefficient (Wildman–Crippen LogP) is 4.83. The van der Waals surface area contributed by atoms with E-state index in [1.807, 2.05) is 12.1 Å². The number of ether oxygens (including phenoxy) is 1. The van der Waals surface area contributed by atoms with E-state index in [-0.39, 0.29) is 5.60 Å². The Morgan fingerprint density at radius 1 is 1.29 bits per heavy atom. The lowest BCUT2D eigenvalue weighted by atomic mass is 9.89. The van der Waals surface area contributed by atoms with Crippen molar-refractivity contribution in [1.82, 2.24) is 19.8 Å². The Bertz CT molecular complexity index is 905. The van der Waals surface area contributed by atoms with Gasteiger partial charge in [-0.3, -0.25) is 0 Å². The van der Waals surface area contributed by atoms with Crippen LogP contribution < -0.4 is 0 Å². The second kappa shape index (κ2) is 5.95. The van der Waals surface area contributed by atoms with Crippen LogP contribution in [0.25, 0.3) is 16.3 Å². The Morgan fingerprint density at radius 3 is 2.92 bits per heavy atom. The zero-order chi connectivity index (χ0) is 16.9. The number of hydrogen-bond donors (Lipinski definition) is 0. The number of aromatic nitrogens is 4. The number of nitrogens with zero attached hydrogens (tertiary/aromatic N) is 4. The van der Waals surface area contributed by atoms with Crippen LogP contribution in [-0.4, -0.2) is 32.0 Å². The Labute approximate surface area is 153 Å². The van der Waals surface area contributed by atoms with Crippen molar-refractivity contribution < 1.29 is 4.74 Å². The molecule has 1 fully saturated rings. The molecule has 0 spiro atoms. The molecule has 24 heavy (non-hydrogen) atoms. The zero-order valence-corrected chi connectivity index (χ0v) is 15.6. The molecule has 0 aliphatic carbocycles. The summed E-state index contributed by atoms with van der Waals surface area (Å²) in [7, 11) is 0. The van der Waals surface area contributed by atoms with E-state index in [9.17, 15) is 0 Å². The normalized spacial score (nSPS) is 20.6. The highest BCUT2D eigenvalue weighted by molar-refractivity contribution is 7.16. The molecule has 0 bridgehead atoms. The van der Waals surface area contributed by atoms with Crippen molar-refractivity contribution in [2.24, 2.45) is 0 Å². The quantitative estimate of drug-likeness (QED) is 0.636. The first-order chi connectivity index (χ1) is 11.4. The molecule has 0 amide bonds. The molecule has 1 aromatic carbocycles. The highest BCUT2D eigenvalue weighted by Gasteiger charge is 2.32. The van der Waals surface area contributed by atoms with Crippen molar-refractivity contribution in [3.05, 3.63) is 33.3 Å². The minimum atomic E-state index is -0.117. The van der Waals surface area contributed by atoms with Crippen LogP contribution in [0.4, 0.5) is 0 Å². The third-order valence-corrected chi connectivity index (χ3v) is 6.13. The van der Waals surface area contributed by atoms with Crippen molar-refractivity contribution in [3.8, 4) is 11.4 Å². The fourth-order valence-corrected chi connectivity index (χ4v) is 4.44. The fourth-order valence-electron chi connectivity index (χ4n) is 3.08. The van der Waals surface area contributed by atoms with Crippen LogP contribution in [0.3, 0.4) is 0 Å². The Balaban J connectivity index is 1.75. The van der Waals surface area contributed by atoms with Crippen LogP contribution in [0.15, 0.2) is 18.2 Å². The van der Waals surface area contributed by atoms with E-state index in [1.54, 1.807) is 21.9 Å². The summed E-state index contributed by atoms with van der Waals surface area (Å²) in [5.74, 6) is 0.995. The van der Waals surface area contributed by atoms with Gasteiger partial charge in [-0.1, -0.05) is 40.6 Å². The zero-order valence-electron chi connectivity index (χ0n) is 13.3. The van der Waals surface area contributed by atoms with Gasteiger partial charge in [0.05, 0.1) is 15.6 Å². The van der Waals surface area contributed by atoms with Crippen LogP contribution in [0.2, 0.25) is 10.0 Å². The van der Waals surface area contributed by atoms with Crippen LogP contribution in [0.1, 0.15) is 37.6 Å². The molecule has 1 atom stereocenters. The highest BCUT2D eigenvalue weighted by Crippen LogP contribution is 2.38. The van der Waals surface area contributed by atoms with Gasteiger partial charge in [0.2, 0.25) is 4.96 Å². The summed E-state index contributed by atoms with van der Waals surface area (Å²) in [6.07, 6.45) is 1.92. The predicted molar refractivity (Wildman–Crippen MR) is 96.1 cm³/mol. The number of benzene rings is 1. The molecule has 2 aromatic heterocycles.